The Morgan fingerprint density at radius 1 is 1.37 bits per heavy atom. The Morgan fingerprint density at radius 2 is 2.00 bits per heavy atom. The lowest BCUT2D eigenvalue weighted by molar-refractivity contribution is -0.123. The molecule has 0 aliphatic rings. The summed E-state index contributed by atoms with van der Waals surface area (Å²) >= 11 is 0. The molecule has 19 heavy (non-hydrogen) atoms. The third-order valence-electron chi connectivity index (χ3n) is 3.40. The van der Waals surface area contributed by atoms with Gasteiger partial charge in [0.15, 0.2) is 0 Å². The molecule has 3 nitrogen and oxygen atoms in total. The second-order valence-electron chi connectivity index (χ2n) is 6.26. The van der Waals surface area contributed by atoms with Gasteiger partial charge in [0.05, 0.1) is 12.0 Å². The number of amides is 1. The molecule has 3 heteroatoms. The lowest BCUT2D eigenvalue weighted by Gasteiger charge is -2.26. The highest BCUT2D eigenvalue weighted by Gasteiger charge is 2.23. The molecule has 0 heterocycles. The second kappa shape index (κ2) is 6.20. The van der Waals surface area contributed by atoms with Crippen LogP contribution in [0.25, 0.3) is 0 Å². The zero-order valence-electron chi connectivity index (χ0n) is 12.5. The van der Waals surface area contributed by atoms with Crippen molar-refractivity contribution in [1.82, 2.24) is 5.32 Å². The van der Waals surface area contributed by atoms with Crippen LogP contribution < -0.4 is 5.32 Å². The monoisotopic (exact) mass is 263 g/mol. The maximum atomic E-state index is 12.1. The first-order valence-electron chi connectivity index (χ1n) is 6.74. The fourth-order valence-electron chi connectivity index (χ4n) is 1.75. The molecule has 0 fully saturated rings. The third-order valence-corrected chi connectivity index (χ3v) is 3.40. The Bertz CT molecular complexity index is 435. The van der Waals surface area contributed by atoms with Gasteiger partial charge in [-0.15, -0.1) is 0 Å². The van der Waals surface area contributed by atoms with Crippen molar-refractivity contribution in [2.75, 3.05) is 6.54 Å². The zero-order valence-corrected chi connectivity index (χ0v) is 12.5. The van der Waals surface area contributed by atoms with Gasteiger partial charge in [0, 0.05) is 6.54 Å². The Kier molecular flexibility index (Phi) is 5.12. The summed E-state index contributed by atoms with van der Waals surface area (Å²) in [6.45, 7) is 10.0. The number of benzene rings is 1. The Labute approximate surface area is 116 Å². The van der Waals surface area contributed by atoms with Gasteiger partial charge >= 0.3 is 0 Å². The van der Waals surface area contributed by atoms with Gasteiger partial charge in [-0.3, -0.25) is 4.79 Å². The molecule has 0 saturated heterocycles. The number of aliphatic hydroxyl groups is 1. The molecule has 0 saturated carbocycles. The molecular formula is C16H25NO2. The van der Waals surface area contributed by atoms with Crippen LogP contribution in [-0.4, -0.2) is 23.7 Å². The zero-order chi connectivity index (χ0) is 14.6. The molecule has 0 aliphatic carbocycles. The Morgan fingerprint density at radius 3 is 2.53 bits per heavy atom. The maximum Gasteiger partial charge on any atom is 0.227 e. The van der Waals surface area contributed by atoms with Gasteiger partial charge in [-0.25, -0.2) is 0 Å². The summed E-state index contributed by atoms with van der Waals surface area (Å²) in [5.74, 6) is -0.249. The van der Waals surface area contributed by atoms with Gasteiger partial charge in [0.1, 0.15) is 0 Å². The van der Waals surface area contributed by atoms with E-state index in [0.29, 0.717) is 6.54 Å². The SMILES string of the molecule is Cc1cccc(C(C)C(=O)NCC(O)C(C)(C)C)c1. The standard InChI is InChI=1S/C16H25NO2/c1-11-7-6-8-13(9-11)12(2)15(19)17-10-14(18)16(3,4)5/h6-9,12,14,18H,10H2,1-5H3,(H,17,19). The van der Waals surface area contributed by atoms with Crippen molar-refractivity contribution in [1.29, 1.82) is 0 Å². The van der Waals surface area contributed by atoms with Crippen molar-refractivity contribution in [2.24, 2.45) is 5.41 Å². The summed E-state index contributed by atoms with van der Waals surface area (Å²) in [4.78, 5) is 12.1. The van der Waals surface area contributed by atoms with E-state index in [-0.39, 0.29) is 17.2 Å². The first-order valence-corrected chi connectivity index (χ1v) is 6.74. The molecule has 2 N–H and O–H groups in total. The van der Waals surface area contributed by atoms with E-state index in [1.165, 1.54) is 0 Å². The van der Waals surface area contributed by atoms with E-state index in [0.717, 1.165) is 11.1 Å². The summed E-state index contributed by atoms with van der Waals surface area (Å²) in [6.07, 6.45) is -0.541. The number of hydrogen-bond donors (Lipinski definition) is 2. The molecule has 1 aromatic rings. The minimum atomic E-state index is -0.541. The number of aliphatic hydroxyl groups excluding tert-OH is 1. The van der Waals surface area contributed by atoms with E-state index in [2.05, 4.69) is 5.32 Å². The van der Waals surface area contributed by atoms with E-state index in [9.17, 15) is 9.90 Å². The summed E-state index contributed by atoms with van der Waals surface area (Å²) in [5.41, 5.74) is 1.93. The van der Waals surface area contributed by atoms with Crippen molar-refractivity contribution < 1.29 is 9.90 Å². The minimum absolute atomic E-state index is 0.0473. The van der Waals surface area contributed by atoms with Crippen LogP contribution in [0.5, 0.6) is 0 Å². The molecule has 0 radical (unpaired) electrons. The van der Waals surface area contributed by atoms with Crippen molar-refractivity contribution in [3.63, 3.8) is 0 Å². The molecule has 106 valence electrons. The van der Waals surface area contributed by atoms with Crippen LogP contribution in [0, 0.1) is 12.3 Å². The number of carbonyl (C=O) groups excluding carboxylic acids is 1. The van der Waals surface area contributed by atoms with Crippen LogP contribution in [-0.2, 0) is 4.79 Å². The third kappa shape index (κ3) is 4.67. The summed E-state index contributed by atoms with van der Waals surface area (Å²) in [7, 11) is 0. The van der Waals surface area contributed by atoms with Crippen LogP contribution >= 0.6 is 0 Å². The highest BCUT2D eigenvalue weighted by atomic mass is 16.3. The highest BCUT2D eigenvalue weighted by Crippen LogP contribution is 2.19. The minimum Gasteiger partial charge on any atom is -0.391 e. The van der Waals surface area contributed by atoms with Gasteiger partial charge in [-0.05, 0) is 24.8 Å². The number of aryl methyl sites for hydroxylation is 1. The van der Waals surface area contributed by atoms with E-state index in [4.69, 9.17) is 0 Å². The molecule has 0 bridgehead atoms. The van der Waals surface area contributed by atoms with Crippen LogP contribution in [0.2, 0.25) is 0 Å². The molecule has 1 rings (SSSR count). The predicted molar refractivity (Wildman–Crippen MR) is 78.1 cm³/mol. The second-order valence-corrected chi connectivity index (χ2v) is 6.26. The fourth-order valence-corrected chi connectivity index (χ4v) is 1.75. The Hall–Kier alpha value is -1.35. The van der Waals surface area contributed by atoms with Gasteiger partial charge < -0.3 is 10.4 Å². The number of hydrogen-bond acceptors (Lipinski definition) is 2. The maximum absolute atomic E-state index is 12.1. The van der Waals surface area contributed by atoms with Crippen LogP contribution in [0.15, 0.2) is 24.3 Å². The lowest BCUT2D eigenvalue weighted by atomic mass is 9.89. The van der Waals surface area contributed by atoms with Crippen LogP contribution in [0.1, 0.15) is 44.7 Å². The van der Waals surface area contributed by atoms with Gasteiger partial charge in [0.25, 0.3) is 0 Å². The highest BCUT2D eigenvalue weighted by molar-refractivity contribution is 5.83. The fraction of sp³-hybridized carbons (Fsp3) is 0.562. The van der Waals surface area contributed by atoms with E-state index in [1.54, 1.807) is 0 Å². The molecule has 1 amide bonds. The van der Waals surface area contributed by atoms with E-state index in [1.807, 2.05) is 58.9 Å². The number of carbonyl (C=O) groups is 1. The molecule has 0 aliphatic heterocycles. The molecule has 1 aromatic carbocycles. The van der Waals surface area contributed by atoms with Crippen molar-refractivity contribution >= 4 is 5.91 Å². The predicted octanol–water partition coefficient (Wildman–Crippen LogP) is 2.62. The van der Waals surface area contributed by atoms with Crippen molar-refractivity contribution in [3.05, 3.63) is 35.4 Å². The first kappa shape index (κ1) is 15.7. The summed E-state index contributed by atoms with van der Waals surface area (Å²) in [6, 6.07) is 7.94. The molecular weight excluding hydrogens is 238 g/mol. The van der Waals surface area contributed by atoms with Crippen molar-refractivity contribution in [2.45, 2.75) is 46.6 Å². The molecule has 0 aromatic heterocycles. The number of nitrogens with one attached hydrogen (secondary N) is 1. The van der Waals surface area contributed by atoms with Crippen LogP contribution in [0.4, 0.5) is 0 Å². The molecule has 2 unspecified atom stereocenters. The topological polar surface area (TPSA) is 49.3 Å². The van der Waals surface area contributed by atoms with E-state index >= 15 is 0 Å². The quantitative estimate of drug-likeness (QED) is 0.877. The smallest absolute Gasteiger partial charge is 0.227 e. The average molecular weight is 263 g/mol. The Balaban J connectivity index is 2.59. The van der Waals surface area contributed by atoms with Gasteiger partial charge in [0.2, 0.25) is 5.91 Å². The molecule has 0 spiro atoms. The van der Waals surface area contributed by atoms with E-state index < -0.39 is 6.10 Å². The van der Waals surface area contributed by atoms with Crippen molar-refractivity contribution in [3.8, 4) is 0 Å². The average Bonchev–Trinajstić information content (AvgIpc) is 2.33. The lowest BCUT2D eigenvalue weighted by Crippen LogP contribution is -2.40. The van der Waals surface area contributed by atoms with Gasteiger partial charge in [-0.1, -0.05) is 50.6 Å². The summed E-state index contributed by atoms with van der Waals surface area (Å²) < 4.78 is 0. The number of rotatable bonds is 4. The van der Waals surface area contributed by atoms with Crippen LogP contribution in [0.3, 0.4) is 0 Å². The van der Waals surface area contributed by atoms with Gasteiger partial charge in [-0.2, -0.15) is 0 Å². The molecule has 2 atom stereocenters. The first-order chi connectivity index (χ1) is 8.71. The normalized spacial score (nSPS) is 14.8. The summed E-state index contributed by atoms with van der Waals surface area (Å²) in [5, 5.41) is 12.7. The largest absolute Gasteiger partial charge is 0.391 e.